The Morgan fingerprint density at radius 2 is 2.00 bits per heavy atom. The highest BCUT2D eigenvalue weighted by Gasteiger charge is 2.26. The number of pyridine rings is 1. The summed E-state index contributed by atoms with van der Waals surface area (Å²) < 4.78 is 0. The molecule has 0 aliphatic heterocycles. The van der Waals surface area contributed by atoms with Crippen LogP contribution in [0.5, 0.6) is 0 Å². The molecule has 1 aromatic carbocycles. The van der Waals surface area contributed by atoms with Crippen LogP contribution in [0.2, 0.25) is 0 Å². The van der Waals surface area contributed by atoms with E-state index in [2.05, 4.69) is 10.3 Å². The van der Waals surface area contributed by atoms with Gasteiger partial charge in [-0.1, -0.05) is 26.0 Å². The van der Waals surface area contributed by atoms with Crippen LogP contribution >= 0.6 is 0 Å². The predicted octanol–water partition coefficient (Wildman–Crippen LogP) is 2.76. The molecule has 1 amide bonds. The third-order valence-corrected chi connectivity index (χ3v) is 4.35. The van der Waals surface area contributed by atoms with E-state index in [0.29, 0.717) is 12.1 Å². The molecule has 21 heavy (non-hydrogen) atoms. The van der Waals surface area contributed by atoms with Gasteiger partial charge in [-0.25, -0.2) is 0 Å². The molecule has 0 fully saturated rings. The van der Waals surface area contributed by atoms with Gasteiger partial charge in [-0.2, -0.15) is 0 Å². The number of carbonyl (C=O) groups excluding carboxylic acids is 1. The molecule has 0 saturated carbocycles. The van der Waals surface area contributed by atoms with Crippen molar-refractivity contribution in [2.45, 2.75) is 26.7 Å². The van der Waals surface area contributed by atoms with E-state index in [1.807, 2.05) is 38.1 Å². The summed E-state index contributed by atoms with van der Waals surface area (Å²) in [6, 6.07) is 9.26. The minimum atomic E-state index is -0.238. The number of aromatic nitrogens is 1. The molecule has 4 heteroatoms. The van der Waals surface area contributed by atoms with Gasteiger partial charge >= 0.3 is 0 Å². The van der Waals surface area contributed by atoms with E-state index in [9.17, 15) is 9.90 Å². The van der Waals surface area contributed by atoms with Crippen molar-refractivity contribution in [3.05, 3.63) is 42.1 Å². The van der Waals surface area contributed by atoms with Gasteiger partial charge < -0.3 is 10.4 Å². The maximum Gasteiger partial charge on any atom is 0.251 e. The summed E-state index contributed by atoms with van der Waals surface area (Å²) >= 11 is 0. The Labute approximate surface area is 125 Å². The number of nitrogens with zero attached hydrogens (tertiary/aromatic N) is 1. The van der Waals surface area contributed by atoms with Gasteiger partial charge in [-0.15, -0.1) is 0 Å². The number of benzene rings is 1. The van der Waals surface area contributed by atoms with E-state index in [-0.39, 0.29) is 17.9 Å². The van der Waals surface area contributed by atoms with Crippen molar-refractivity contribution < 1.29 is 9.90 Å². The van der Waals surface area contributed by atoms with Gasteiger partial charge in [0.1, 0.15) is 0 Å². The van der Waals surface area contributed by atoms with E-state index in [0.717, 1.165) is 23.7 Å². The molecule has 0 radical (unpaired) electrons. The van der Waals surface area contributed by atoms with Gasteiger partial charge in [-0.05, 0) is 31.0 Å². The van der Waals surface area contributed by atoms with Gasteiger partial charge in [0, 0.05) is 29.1 Å². The lowest BCUT2D eigenvalue weighted by Gasteiger charge is -2.29. The fourth-order valence-corrected chi connectivity index (χ4v) is 2.44. The lowest BCUT2D eigenvalue weighted by molar-refractivity contribution is 0.0852. The van der Waals surface area contributed by atoms with Crippen molar-refractivity contribution in [2.24, 2.45) is 5.41 Å². The van der Waals surface area contributed by atoms with Crippen molar-refractivity contribution in [1.82, 2.24) is 10.3 Å². The number of hydrogen-bond donors (Lipinski definition) is 2. The highest BCUT2D eigenvalue weighted by molar-refractivity contribution is 6.06. The Kier molecular flexibility index (Phi) is 4.91. The quantitative estimate of drug-likeness (QED) is 0.858. The summed E-state index contributed by atoms with van der Waals surface area (Å²) in [5.41, 5.74) is 1.20. The van der Waals surface area contributed by atoms with Crippen LogP contribution in [0.1, 0.15) is 37.0 Å². The molecule has 1 heterocycles. The van der Waals surface area contributed by atoms with Crippen molar-refractivity contribution in [3.8, 4) is 0 Å². The highest BCUT2D eigenvalue weighted by Crippen LogP contribution is 2.25. The van der Waals surface area contributed by atoms with Crippen LogP contribution in [-0.2, 0) is 0 Å². The van der Waals surface area contributed by atoms with Gasteiger partial charge in [0.25, 0.3) is 5.91 Å². The zero-order valence-corrected chi connectivity index (χ0v) is 12.6. The van der Waals surface area contributed by atoms with Gasteiger partial charge in [0.2, 0.25) is 0 Å². The molecule has 0 aliphatic rings. The molecule has 112 valence electrons. The molecule has 2 aromatic rings. The average molecular weight is 286 g/mol. The number of fused-ring (bicyclic) bond motifs is 1. The van der Waals surface area contributed by atoms with E-state index >= 15 is 0 Å². The van der Waals surface area contributed by atoms with E-state index in [1.165, 1.54) is 0 Å². The van der Waals surface area contributed by atoms with Crippen molar-refractivity contribution in [1.29, 1.82) is 0 Å². The summed E-state index contributed by atoms with van der Waals surface area (Å²) in [5.74, 6) is -0.117. The molecular weight excluding hydrogens is 264 g/mol. The fourth-order valence-electron chi connectivity index (χ4n) is 2.44. The Balaban J connectivity index is 2.20. The lowest BCUT2D eigenvalue weighted by Crippen LogP contribution is -2.39. The molecular formula is C17H22N2O2. The summed E-state index contributed by atoms with van der Waals surface area (Å²) in [5, 5.41) is 13.4. The Bertz CT molecular complexity index is 607. The predicted molar refractivity (Wildman–Crippen MR) is 84.2 cm³/mol. The molecule has 0 bridgehead atoms. The molecule has 0 atom stereocenters. The van der Waals surface area contributed by atoms with Crippen LogP contribution in [-0.4, -0.2) is 29.1 Å². The Morgan fingerprint density at radius 1 is 1.24 bits per heavy atom. The summed E-state index contributed by atoms with van der Waals surface area (Å²) in [4.78, 5) is 16.7. The largest absolute Gasteiger partial charge is 0.396 e. The third kappa shape index (κ3) is 3.22. The van der Waals surface area contributed by atoms with Crippen molar-refractivity contribution in [3.63, 3.8) is 0 Å². The van der Waals surface area contributed by atoms with Crippen LogP contribution in [0.4, 0.5) is 0 Å². The lowest BCUT2D eigenvalue weighted by atomic mass is 9.83. The molecule has 1 aromatic heterocycles. The molecule has 4 nitrogen and oxygen atoms in total. The van der Waals surface area contributed by atoms with Gasteiger partial charge in [-0.3, -0.25) is 9.78 Å². The minimum absolute atomic E-state index is 0.0807. The SMILES string of the molecule is CCC(CC)(CO)CNC(=O)c1cccc2ncccc12. The van der Waals surface area contributed by atoms with Crippen molar-refractivity contribution >= 4 is 16.8 Å². The molecule has 0 unspecified atom stereocenters. The average Bonchev–Trinajstić information content (AvgIpc) is 2.56. The monoisotopic (exact) mass is 286 g/mol. The standard InChI is InChI=1S/C17H22N2O2/c1-3-17(4-2,12-20)11-19-16(21)14-7-5-9-15-13(14)8-6-10-18-15/h5-10,20H,3-4,11-12H2,1-2H3,(H,19,21). The number of hydrogen-bond acceptors (Lipinski definition) is 3. The number of nitrogens with one attached hydrogen (secondary N) is 1. The van der Waals surface area contributed by atoms with Gasteiger partial charge in [0.15, 0.2) is 0 Å². The van der Waals surface area contributed by atoms with Gasteiger partial charge in [0.05, 0.1) is 12.1 Å². The fraction of sp³-hybridized carbons (Fsp3) is 0.412. The number of carbonyl (C=O) groups is 1. The second kappa shape index (κ2) is 6.68. The zero-order chi connectivity index (χ0) is 15.3. The molecule has 0 spiro atoms. The van der Waals surface area contributed by atoms with Crippen LogP contribution in [0.15, 0.2) is 36.5 Å². The summed E-state index contributed by atoms with van der Waals surface area (Å²) in [7, 11) is 0. The maximum absolute atomic E-state index is 12.4. The summed E-state index contributed by atoms with van der Waals surface area (Å²) in [6.07, 6.45) is 3.38. The van der Waals surface area contributed by atoms with E-state index in [1.54, 1.807) is 12.3 Å². The van der Waals surface area contributed by atoms with Crippen LogP contribution in [0.25, 0.3) is 10.9 Å². The smallest absolute Gasteiger partial charge is 0.251 e. The molecule has 2 rings (SSSR count). The number of aliphatic hydroxyl groups excluding tert-OH is 1. The maximum atomic E-state index is 12.4. The third-order valence-electron chi connectivity index (χ3n) is 4.35. The molecule has 0 aliphatic carbocycles. The highest BCUT2D eigenvalue weighted by atomic mass is 16.3. The number of aliphatic hydroxyl groups is 1. The zero-order valence-electron chi connectivity index (χ0n) is 12.6. The second-order valence-electron chi connectivity index (χ2n) is 5.42. The first-order valence-electron chi connectivity index (χ1n) is 7.38. The number of rotatable bonds is 6. The van der Waals surface area contributed by atoms with E-state index in [4.69, 9.17) is 0 Å². The molecule has 0 saturated heterocycles. The van der Waals surface area contributed by atoms with Crippen LogP contribution < -0.4 is 5.32 Å². The topological polar surface area (TPSA) is 62.2 Å². The minimum Gasteiger partial charge on any atom is -0.396 e. The Morgan fingerprint density at radius 3 is 2.67 bits per heavy atom. The first-order valence-corrected chi connectivity index (χ1v) is 7.38. The van der Waals surface area contributed by atoms with E-state index < -0.39 is 0 Å². The summed E-state index contributed by atoms with van der Waals surface area (Å²) in [6.45, 7) is 4.63. The van der Waals surface area contributed by atoms with Crippen LogP contribution in [0.3, 0.4) is 0 Å². The van der Waals surface area contributed by atoms with Crippen molar-refractivity contribution in [2.75, 3.05) is 13.2 Å². The normalized spacial score (nSPS) is 11.6. The molecule has 2 N–H and O–H groups in total. The first-order chi connectivity index (χ1) is 10.2. The first kappa shape index (κ1) is 15.4. The number of amides is 1. The Hall–Kier alpha value is -1.94. The second-order valence-corrected chi connectivity index (χ2v) is 5.42. The van der Waals surface area contributed by atoms with Crippen LogP contribution in [0, 0.1) is 5.41 Å².